The number of rotatable bonds is 2. The second-order valence-corrected chi connectivity index (χ2v) is 9.08. The monoisotopic (exact) mass is 391 g/mol. The van der Waals surface area contributed by atoms with Crippen molar-refractivity contribution in [2.24, 2.45) is 11.8 Å². The van der Waals surface area contributed by atoms with Crippen molar-refractivity contribution < 1.29 is 9.59 Å². The standard InChI is InChI=1S/C24H29N3O2/c1-16-6-7-17(2)27(16)21-10-8-19(9-11-21)24(29)25-13-18-12-20(15-25)22-4-3-5-23(28)26(22)14-18/h6-11,18,20,22H,3-5,12-15H2,1-2H3/t18-,20-,22-/m1/s1. The maximum absolute atomic E-state index is 13.2. The summed E-state index contributed by atoms with van der Waals surface area (Å²) in [5.74, 6) is 1.30. The van der Waals surface area contributed by atoms with Crippen LogP contribution in [-0.4, -0.2) is 51.9 Å². The lowest BCUT2D eigenvalue weighted by Crippen LogP contribution is -2.61. The molecule has 1 aromatic carbocycles. The zero-order valence-electron chi connectivity index (χ0n) is 17.3. The number of amides is 2. The van der Waals surface area contributed by atoms with Gasteiger partial charge in [0.1, 0.15) is 0 Å². The Labute approximate surface area is 172 Å². The molecule has 5 nitrogen and oxygen atoms in total. The Morgan fingerprint density at radius 2 is 1.69 bits per heavy atom. The van der Waals surface area contributed by atoms with E-state index in [1.165, 1.54) is 11.4 Å². The molecule has 0 aliphatic carbocycles. The zero-order valence-corrected chi connectivity index (χ0v) is 17.3. The van der Waals surface area contributed by atoms with Crippen molar-refractivity contribution in [3.8, 4) is 5.69 Å². The van der Waals surface area contributed by atoms with E-state index in [2.05, 4.69) is 35.4 Å². The molecule has 3 atom stereocenters. The van der Waals surface area contributed by atoms with Crippen LogP contribution >= 0.6 is 0 Å². The Morgan fingerprint density at radius 1 is 0.966 bits per heavy atom. The molecule has 0 unspecified atom stereocenters. The van der Waals surface area contributed by atoms with Gasteiger partial charge < -0.3 is 14.4 Å². The molecule has 2 amide bonds. The van der Waals surface area contributed by atoms with Gasteiger partial charge in [-0.1, -0.05) is 0 Å². The molecule has 3 saturated heterocycles. The Kier molecular flexibility index (Phi) is 4.49. The zero-order chi connectivity index (χ0) is 20.1. The molecule has 0 saturated carbocycles. The van der Waals surface area contributed by atoms with E-state index in [1.807, 2.05) is 29.2 Å². The van der Waals surface area contributed by atoms with E-state index < -0.39 is 0 Å². The molecular formula is C24H29N3O2. The maximum atomic E-state index is 13.2. The van der Waals surface area contributed by atoms with Gasteiger partial charge in [-0.2, -0.15) is 0 Å². The Morgan fingerprint density at radius 3 is 2.41 bits per heavy atom. The molecule has 3 fully saturated rings. The van der Waals surface area contributed by atoms with Gasteiger partial charge in [0.05, 0.1) is 0 Å². The summed E-state index contributed by atoms with van der Waals surface area (Å²) in [5.41, 5.74) is 4.23. The van der Waals surface area contributed by atoms with E-state index in [9.17, 15) is 9.59 Å². The quantitative estimate of drug-likeness (QED) is 0.786. The Balaban J connectivity index is 1.33. The highest BCUT2D eigenvalue weighted by molar-refractivity contribution is 5.94. The third-order valence-electron chi connectivity index (χ3n) is 7.11. The van der Waals surface area contributed by atoms with Gasteiger partial charge in [-0.3, -0.25) is 9.59 Å². The van der Waals surface area contributed by atoms with Gasteiger partial charge in [0, 0.05) is 54.7 Å². The van der Waals surface area contributed by atoms with Crippen molar-refractivity contribution in [2.75, 3.05) is 19.6 Å². The minimum atomic E-state index is 0.128. The van der Waals surface area contributed by atoms with Crippen molar-refractivity contribution in [3.63, 3.8) is 0 Å². The van der Waals surface area contributed by atoms with Crippen LogP contribution in [0.25, 0.3) is 5.69 Å². The number of carbonyl (C=O) groups is 2. The summed E-state index contributed by atoms with van der Waals surface area (Å²) in [7, 11) is 0. The molecule has 5 rings (SSSR count). The summed E-state index contributed by atoms with van der Waals surface area (Å²) in [4.78, 5) is 29.7. The van der Waals surface area contributed by atoms with Crippen LogP contribution in [0.1, 0.15) is 47.4 Å². The molecule has 3 aliphatic rings. The molecule has 0 radical (unpaired) electrons. The number of aromatic nitrogens is 1. The number of fused-ring (bicyclic) bond motifs is 4. The van der Waals surface area contributed by atoms with Gasteiger partial charge in [-0.15, -0.1) is 0 Å². The van der Waals surface area contributed by atoms with Crippen LogP contribution in [-0.2, 0) is 4.79 Å². The first-order valence-electron chi connectivity index (χ1n) is 10.9. The van der Waals surface area contributed by atoms with Crippen LogP contribution in [0.15, 0.2) is 36.4 Å². The molecule has 4 heterocycles. The number of hydrogen-bond donors (Lipinski definition) is 0. The van der Waals surface area contributed by atoms with Crippen molar-refractivity contribution in [1.29, 1.82) is 0 Å². The second-order valence-electron chi connectivity index (χ2n) is 9.08. The lowest BCUT2D eigenvalue weighted by atomic mass is 9.76. The topological polar surface area (TPSA) is 45.6 Å². The Hall–Kier alpha value is -2.56. The highest BCUT2D eigenvalue weighted by atomic mass is 16.2. The fourth-order valence-corrected chi connectivity index (χ4v) is 5.79. The van der Waals surface area contributed by atoms with E-state index >= 15 is 0 Å². The predicted octanol–water partition coefficient (Wildman–Crippen LogP) is 3.57. The Bertz CT molecular complexity index is 926. The van der Waals surface area contributed by atoms with E-state index in [1.54, 1.807) is 0 Å². The number of benzene rings is 1. The molecule has 2 aromatic rings. The SMILES string of the molecule is Cc1ccc(C)n1-c1ccc(C(=O)N2C[C@H]3C[C@H](C2)[C@H]2CCCC(=O)N2C3)cc1. The van der Waals surface area contributed by atoms with Crippen molar-refractivity contribution in [1.82, 2.24) is 14.4 Å². The molecule has 0 spiro atoms. The van der Waals surface area contributed by atoms with Crippen LogP contribution in [0.5, 0.6) is 0 Å². The normalized spacial score (nSPS) is 26.4. The summed E-state index contributed by atoms with van der Waals surface area (Å²) >= 11 is 0. The third-order valence-corrected chi connectivity index (χ3v) is 7.11. The number of nitrogens with zero attached hydrogens (tertiary/aromatic N) is 3. The summed E-state index contributed by atoms with van der Waals surface area (Å²) < 4.78 is 2.20. The molecule has 3 aliphatic heterocycles. The second kappa shape index (κ2) is 7.05. The number of piperidine rings is 3. The van der Waals surface area contributed by atoms with Gasteiger partial charge >= 0.3 is 0 Å². The third kappa shape index (κ3) is 3.17. The van der Waals surface area contributed by atoms with Crippen LogP contribution < -0.4 is 0 Å². The fourth-order valence-electron chi connectivity index (χ4n) is 5.79. The summed E-state index contributed by atoms with van der Waals surface area (Å²) in [5, 5.41) is 0. The van der Waals surface area contributed by atoms with E-state index in [-0.39, 0.29) is 5.91 Å². The largest absolute Gasteiger partial charge is 0.339 e. The highest BCUT2D eigenvalue weighted by Gasteiger charge is 2.44. The number of likely N-dealkylation sites (tertiary alicyclic amines) is 1. The predicted molar refractivity (Wildman–Crippen MR) is 112 cm³/mol. The van der Waals surface area contributed by atoms with Crippen LogP contribution in [0.2, 0.25) is 0 Å². The van der Waals surface area contributed by atoms with Gasteiger partial charge in [-0.25, -0.2) is 0 Å². The number of aryl methyl sites for hydroxylation is 2. The van der Waals surface area contributed by atoms with Crippen molar-refractivity contribution in [3.05, 3.63) is 53.3 Å². The van der Waals surface area contributed by atoms with Crippen LogP contribution in [0, 0.1) is 25.7 Å². The van der Waals surface area contributed by atoms with Crippen LogP contribution in [0.4, 0.5) is 0 Å². The minimum absolute atomic E-state index is 0.128. The smallest absolute Gasteiger partial charge is 0.253 e. The van der Waals surface area contributed by atoms with Crippen LogP contribution in [0.3, 0.4) is 0 Å². The average molecular weight is 392 g/mol. The van der Waals surface area contributed by atoms with E-state index in [0.29, 0.717) is 30.2 Å². The summed E-state index contributed by atoms with van der Waals surface area (Å²) in [6.07, 6.45) is 3.94. The highest BCUT2D eigenvalue weighted by Crippen LogP contribution is 2.38. The lowest BCUT2D eigenvalue weighted by molar-refractivity contribution is -0.144. The van der Waals surface area contributed by atoms with Gasteiger partial charge in [-0.05, 0) is 81.3 Å². The van der Waals surface area contributed by atoms with Crippen molar-refractivity contribution in [2.45, 2.75) is 45.6 Å². The molecule has 152 valence electrons. The maximum Gasteiger partial charge on any atom is 0.253 e. The van der Waals surface area contributed by atoms with E-state index in [0.717, 1.165) is 50.1 Å². The summed E-state index contributed by atoms with van der Waals surface area (Å²) in [6.45, 7) is 6.56. The summed E-state index contributed by atoms with van der Waals surface area (Å²) in [6, 6.07) is 12.6. The number of hydrogen-bond acceptors (Lipinski definition) is 2. The first-order valence-corrected chi connectivity index (χ1v) is 10.9. The van der Waals surface area contributed by atoms with Gasteiger partial charge in [0.2, 0.25) is 5.91 Å². The average Bonchev–Trinajstić information content (AvgIpc) is 3.06. The fraction of sp³-hybridized carbons (Fsp3) is 0.500. The van der Waals surface area contributed by atoms with E-state index in [4.69, 9.17) is 0 Å². The molecule has 29 heavy (non-hydrogen) atoms. The first-order chi connectivity index (χ1) is 14.0. The lowest BCUT2D eigenvalue weighted by Gasteiger charge is -2.52. The van der Waals surface area contributed by atoms with Gasteiger partial charge in [0.15, 0.2) is 0 Å². The van der Waals surface area contributed by atoms with Gasteiger partial charge in [0.25, 0.3) is 5.91 Å². The molecule has 2 bridgehead atoms. The molecule has 0 N–H and O–H groups in total. The first kappa shape index (κ1) is 18.5. The minimum Gasteiger partial charge on any atom is -0.339 e. The molecule has 1 aromatic heterocycles. The molecule has 5 heteroatoms. The number of carbonyl (C=O) groups excluding carboxylic acids is 2. The molecular weight excluding hydrogens is 362 g/mol. The van der Waals surface area contributed by atoms with Crippen molar-refractivity contribution >= 4 is 11.8 Å².